The topological polar surface area (TPSA) is 139 Å². The second-order valence-corrected chi connectivity index (χ2v) is 17.6. The number of rotatable bonds is 5. The van der Waals surface area contributed by atoms with Crippen LogP contribution in [-0.4, -0.2) is 27.3 Å². The van der Waals surface area contributed by atoms with Crippen LogP contribution < -0.4 is 15.9 Å². The molecule has 0 radical (unpaired) electrons. The molecule has 58 heavy (non-hydrogen) atoms. The molecule has 0 atom stereocenters. The summed E-state index contributed by atoms with van der Waals surface area (Å²) in [5, 5.41) is 32.6. The number of hydrogen-bond acceptors (Lipinski definition) is 8. The number of aromatic nitrogens is 2. The Balaban J connectivity index is 0.000000150. The van der Waals surface area contributed by atoms with Crippen LogP contribution in [0.1, 0.15) is 40.7 Å². The highest BCUT2D eigenvalue weighted by molar-refractivity contribution is 7.23. The fraction of sp³-hybridized carbons (Fsp3) is 0.152. The number of nitrogens with zero attached hydrogens (tertiary/aromatic N) is 1. The highest BCUT2D eigenvalue weighted by Gasteiger charge is 2.25. The lowest BCUT2D eigenvalue weighted by atomic mass is 9.97. The van der Waals surface area contributed by atoms with Gasteiger partial charge in [0.05, 0.1) is 40.6 Å². The number of aromatic hydroxyl groups is 2. The van der Waals surface area contributed by atoms with E-state index in [0.29, 0.717) is 51.5 Å². The van der Waals surface area contributed by atoms with Gasteiger partial charge in [-0.15, -0.1) is 22.7 Å². The van der Waals surface area contributed by atoms with Gasteiger partial charge in [0, 0.05) is 11.1 Å². The van der Waals surface area contributed by atoms with Gasteiger partial charge >= 0.3 is 0 Å². The van der Waals surface area contributed by atoms with Crippen LogP contribution in [0, 0.1) is 11.3 Å². The molecular formula is C46H33Cl2N3O5S2. The van der Waals surface area contributed by atoms with Gasteiger partial charge in [-0.3, -0.25) is 9.59 Å². The van der Waals surface area contributed by atoms with Crippen molar-refractivity contribution < 1.29 is 14.9 Å². The summed E-state index contributed by atoms with van der Waals surface area (Å²) in [4.78, 5) is 32.3. The number of hydrogen-bond donors (Lipinski definition) is 4. The Labute approximate surface area is 350 Å². The van der Waals surface area contributed by atoms with Gasteiger partial charge in [0.15, 0.2) is 0 Å². The summed E-state index contributed by atoms with van der Waals surface area (Å²) in [6, 6.07) is 28.4. The first kappa shape index (κ1) is 37.7. The fourth-order valence-electron chi connectivity index (χ4n) is 8.24. The van der Waals surface area contributed by atoms with Gasteiger partial charge in [-0.2, -0.15) is 5.26 Å². The molecule has 2 aliphatic rings. The zero-order chi connectivity index (χ0) is 40.2. The third kappa shape index (κ3) is 6.54. The van der Waals surface area contributed by atoms with Crippen LogP contribution in [-0.2, 0) is 25.7 Å². The van der Waals surface area contributed by atoms with Gasteiger partial charge in [-0.1, -0.05) is 83.9 Å². The standard InChI is InChI=1S/C23H15ClN2O2S.C23H18ClNO3S/c24-21-17(16-8-7-13-4-2-5-14(13)10-16)19-20(27)18(22(28)26-23(19)29-21)15-6-1-3-12(9-15)11-25;1-28-16-9-7-13(8-10-16)18-20(26)19-17(21(24)29-23(19)25-22(18)27)15-6-5-12-3-2-4-14(12)11-15/h1,3,6-10H,2,4-5H2,(H2,26,27,28);5-11H,2-4H2,1H3,(H2,25,26,27). The molecule has 8 nitrogen and oxygen atoms in total. The minimum absolute atomic E-state index is 0.0486. The molecule has 4 aromatic carbocycles. The van der Waals surface area contributed by atoms with E-state index >= 15 is 0 Å². The molecule has 0 bridgehead atoms. The zero-order valence-corrected chi connectivity index (χ0v) is 34.1. The lowest BCUT2D eigenvalue weighted by Crippen LogP contribution is -2.08. The first-order chi connectivity index (χ1) is 28.1. The molecule has 2 aliphatic carbocycles. The van der Waals surface area contributed by atoms with Crippen LogP contribution in [0.25, 0.3) is 64.9 Å². The Bertz CT molecular complexity index is 3120. The molecule has 10 rings (SSSR count). The number of aromatic amines is 2. The van der Waals surface area contributed by atoms with Crippen molar-refractivity contribution in [2.24, 2.45) is 0 Å². The molecule has 0 saturated carbocycles. The van der Waals surface area contributed by atoms with E-state index in [1.807, 2.05) is 6.07 Å². The largest absolute Gasteiger partial charge is 0.506 e. The molecule has 8 aromatic rings. The molecule has 4 heterocycles. The van der Waals surface area contributed by atoms with Gasteiger partial charge in [-0.25, -0.2) is 0 Å². The molecule has 0 amide bonds. The van der Waals surface area contributed by atoms with Crippen molar-refractivity contribution in [2.45, 2.75) is 38.5 Å². The molecular weight excluding hydrogens is 810 g/mol. The summed E-state index contributed by atoms with van der Waals surface area (Å²) in [5.74, 6) is 0.521. The van der Waals surface area contributed by atoms with Crippen LogP contribution in [0.2, 0.25) is 8.67 Å². The number of thiophene rings is 2. The van der Waals surface area contributed by atoms with Crippen LogP contribution in [0.3, 0.4) is 0 Å². The molecule has 4 aromatic heterocycles. The second kappa shape index (κ2) is 15.2. The van der Waals surface area contributed by atoms with Crippen LogP contribution in [0.5, 0.6) is 17.2 Å². The minimum atomic E-state index is -0.413. The Morgan fingerprint density at radius 1 is 0.621 bits per heavy atom. The number of methoxy groups -OCH3 is 1. The van der Waals surface area contributed by atoms with Crippen molar-refractivity contribution in [2.75, 3.05) is 7.11 Å². The predicted molar refractivity (Wildman–Crippen MR) is 235 cm³/mol. The van der Waals surface area contributed by atoms with Crippen molar-refractivity contribution >= 4 is 66.3 Å². The van der Waals surface area contributed by atoms with Crippen molar-refractivity contribution in [1.29, 1.82) is 5.26 Å². The number of aryl methyl sites for hydroxylation is 4. The summed E-state index contributed by atoms with van der Waals surface area (Å²) in [7, 11) is 1.58. The molecule has 0 fully saturated rings. The van der Waals surface area contributed by atoms with Crippen molar-refractivity contribution in [3.05, 3.63) is 142 Å². The SMILES string of the molecule is COc1ccc(-c2c(O)c3c(-c4ccc5c(c4)CCC5)c(Cl)sc3[nH]c2=O)cc1.N#Cc1cccc(-c2c(O)c3c(-c4ccc5c(c4)CCC5)c(Cl)sc3[nH]c2=O)c1. The number of H-pyrrole nitrogens is 2. The number of nitrogens with one attached hydrogen (secondary N) is 2. The summed E-state index contributed by atoms with van der Waals surface area (Å²) in [6.45, 7) is 0. The molecule has 0 aliphatic heterocycles. The summed E-state index contributed by atoms with van der Waals surface area (Å²) in [5.41, 5.74) is 9.91. The van der Waals surface area contributed by atoms with Gasteiger partial charge in [0.1, 0.15) is 35.6 Å². The lowest BCUT2D eigenvalue weighted by Gasteiger charge is -2.09. The maximum absolute atomic E-state index is 12.7. The average Bonchev–Trinajstić information content (AvgIpc) is 4.03. The zero-order valence-electron chi connectivity index (χ0n) is 31.0. The van der Waals surface area contributed by atoms with E-state index in [1.54, 1.807) is 55.6 Å². The maximum Gasteiger partial charge on any atom is 0.260 e. The number of nitriles is 1. The van der Waals surface area contributed by atoms with E-state index in [-0.39, 0.29) is 28.2 Å². The third-order valence-corrected chi connectivity index (χ3v) is 13.6. The van der Waals surface area contributed by atoms with Gasteiger partial charge < -0.3 is 24.9 Å². The van der Waals surface area contributed by atoms with Crippen LogP contribution in [0.15, 0.2) is 94.5 Å². The molecule has 4 N–H and O–H groups in total. The Morgan fingerprint density at radius 3 is 1.59 bits per heavy atom. The monoisotopic (exact) mass is 841 g/mol. The van der Waals surface area contributed by atoms with Gasteiger partial charge in [0.25, 0.3) is 11.1 Å². The quantitative estimate of drug-likeness (QED) is 0.136. The molecule has 12 heteroatoms. The van der Waals surface area contributed by atoms with Crippen molar-refractivity contribution in [3.63, 3.8) is 0 Å². The van der Waals surface area contributed by atoms with E-state index in [1.165, 1.54) is 44.9 Å². The van der Waals surface area contributed by atoms with Crippen molar-refractivity contribution in [1.82, 2.24) is 9.97 Å². The van der Waals surface area contributed by atoms with E-state index in [0.717, 1.165) is 60.8 Å². The van der Waals surface area contributed by atoms with Gasteiger partial charge in [-0.05, 0) is 107 Å². The second-order valence-electron chi connectivity index (χ2n) is 14.4. The van der Waals surface area contributed by atoms with Crippen LogP contribution >= 0.6 is 45.9 Å². The van der Waals surface area contributed by atoms with E-state index in [4.69, 9.17) is 27.9 Å². The summed E-state index contributed by atoms with van der Waals surface area (Å²) >= 11 is 15.7. The lowest BCUT2D eigenvalue weighted by molar-refractivity contribution is 0.415. The van der Waals surface area contributed by atoms with E-state index < -0.39 is 5.56 Å². The highest BCUT2D eigenvalue weighted by atomic mass is 35.5. The third-order valence-electron chi connectivity index (χ3n) is 11.0. The summed E-state index contributed by atoms with van der Waals surface area (Å²) < 4.78 is 6.26. The van der Waals surface area contributed by atoms with Crippen LogP contribution in [0.4, 0.5) is 0 Å². The Hall–Kier alpha value is -5.83. The average molecular weight is 843 g/mol. The predicted octanol–water partition coefficient (Wildman–Crippen LogP) is 11.4. The Morgan fingerprint density at radius 2 is 1.09 bits per heavy atom. The smallest absolute Gasteiger partial charge is 0.260 e. The Kier molecular flexibility index (Phi) is 9.86. The molecule has 288 valence electrons. The number of pyridine rings is 2. The first-order valence-corrected chi connectivity index (χ1v) is 21.1. The number of halogens is 2. The highest BCUT2D eigenvalue weighted by Crippen LogP contribution is 2.49. The molecule has 0 spiro atoms. The summed E-state index contributed by atoms with van der Waals surface area (Å²) in [6.07, 6.45) is 6.60. The molecule has 0 saturated heterocycles. The number of benzene rings is 4. The first-order valence-electron chi connectivity index (χ1n) is 18.7. The van der Waals surface area contributed by atoms with Crippen molar-refractivity contribution in [3.8, 4) is 67.8 Å². The minimum Gasteiger partial charge on any atom is -0.506 e. The van der Waals surface area contributed by atoms with E-state index in [2.05, 4.69) is 46.4 Å². The van der Waals surface area contributed by atoms with E-state index in [9.17, 15) is 25.1 Å². The fourth-order valence-corrected chi connectivity index (χ4v) is 11.0. The normalized spacial score (nSPS) is 12.9. The number of fused-ring (bicyclic) bond motifs is 4. The van der Waals surface area contributed by atoms with Gasteiger partial charge in [0.2, 0.25) is 0 Å². The maximum atomic E-state index is 12.7. The molecule has 0 unspecified atom stereocenters. The number of ether oxygens (including phenoxy) is 1.